The van der Waals surface area contributed by atoms with Crippen LogP contribution in [-0.2, 0) is 5.33 Å². The summed E-state index contributed by atoms with van der Waals surface area (Å²) in [5.41, 5.74) is 1.31. The Labute approximate surface area is 112 Å². The standard InChI is InChI=1S/C11H12BrClF3N/c1-2-17(7-11(14,15)16)10-4-3-9(13)5-8(10)6-12/h3-5H,2,6-7H2,1H3. The summed E-state index contributed by atoms with van der Waals surface area (Å²) in [4.78, 5) is 1.28. The molecule has 0 aliphatic carbocycles. The lowest BCUT2D eigenvalue weighted by molar-refractivity contribution is -0.119. The van der Waals surface area contributed by atoms with Crippen molar-refractivity contribution in [3.63, 3.8) is 0 Å². The molecule has 0 saturated heterocycles. The van der Waals surface area contributed by atoms with E-state index >= 15 is 0 Å². The maximum Gasteiger partial charge on any atom is 0.405 e. The van der Waals surface area contributed by atoms with Crippen LogP contribution in [0.1, 0.15) is 12.5 Å². The summed E-state index contributed by atoms with van der Waals surface area (Å²) < 4.78 is 37.2. The molecule has 0 N–H and O–H groups in total. The fourth-order valence-corrected chi connectivity index (χ4v) is 2.20. The van der Waals surface area contributed by atoms with Crippen molar-refractivity contribution in [3.8, 4) is 0 Å². The van der Waals surface area contributed by atoms with Gasteiger partial charge >= 0.3 is 6.18 Å². The summed E-state index contributed by atoms with van der Waals surface area (Å²) in [5, 5.41) is 0.989. The Morgan fingerprint density at radius 1 is 1.35 bits per heavy atom. The first-order valence-corrected chi connectivity index (χ1v) is 6.53. The number of anilines is 1. The quantitative estimate of drug-likeness (QED) is 0.728. The van der Waals surface area contributed by atoms with Gasteiger partial charge in [0.15, 0.2) is 0 Å². The molecule has 0 bridgehead atoms. The van der Waals surface area contributed by atoms with Gasteiger partial charge in [0.25, 0.3) is 0 Å². The van der Waals surface area contributed by atoms with Gasteiger partial charge in [-0.25, -0.2) is 0 Å². The highest BCUT2D eigenvalue weighted by atomic mass is 79.9. The molecule has 96 valence electrons. The highest BCUT2D eigenvalue weighted by Crippen LogP contribution is 2.28. The van der Waals surface area contributed by atoms with Crippen molar-refractivity contribution >= 4 is 33.2 Å². The smallest absolute Gasteiger partial charge is 0.363 e. The van der Waals surface area contributed by atoms with E-state index in [0.717, 1.165) is 5.56 Å². The molecule has 6 heteroatoms. The molecule has 0 radical (unpaired) electrons. The molecule has 0 amide bonds. The zero-order valence-electron chi connectivity index (χ0n) is 9.19. The van der Waals surface area contributed by atoms with Gasteiger partial charge in [0.2, 0.25) is 0 Å². The van der Waals surface area contributed by atoms with Gasteiger partial charge in [-0.05, 0) is 30.7 Å². The van der Waals surface area contributed by atoms with Crippen LogP contribution in [0.3, 0.4) is 0 Å². The molecular formula is C11H12BrClF3N. The number of halogens is 5. The number of nitrogens with zero attached hydrogens (tertiary/aromatic N) is 1. The van der Waals surface area contributed by atoms with Gasteiger partial charge in [-0.2, -0.15) is 13.2 Å². The summed E-state index contributed by atoms with van der Waals surface area (Å²) in [6.07, 6.45) is -4.21. The summed E-state index contributed by atoms with van der Waals surface area (Å²) in [5.74, 6) is 0. The van der Waals surface area contributed by atoms with Gasteiger partial charge in [-0.15, -0.1) is 0 Å². The van der Waals surface area contributed by atoms with Crippen LogP contribution in [0.25, 0.3) is 0 Å². The second-order valence-electron chi connectivity index (χ2n) is 3.54. The highest BCUT2D eigenvalue weighted by molar-refractivity contribution is 9.08. The van der Waals surface area contributed by atoms with Crippen LogP contribution in [0.2, 0.25) is 5.02 Å². The fourth-order valence-electron chi connectivity index (χ4n) is 1.55. The molecule has 0 aromatic heterocycles. The molecule has 17 heavy (non-hydrogen) atoms. The van der Waals surface area contributed by atoms with Crippen molar-refractivity contribution < 1.29 is 13.2 Å². The van der Waals surface area contributed by atoms with E-state index in [9.17, 15) is 13.2 Å². The van der Waals surface area contributed by atoms with E-state index in [0.29, 0.717) is 22.6 Å². The van der Waals surface area contributed by atoms with Gasteiger partial charge in [-0.1, -0.05) is 27.5 Å². The third-order valence-corrected chi connectivity index (χ3v) is 3.12. The molecule has 1 nitrogen and oxygen atoms in total. The van der Waals surface area contributed by atoms with Crippen LogP contribution in [0.4, 0.5) is 18.9 Å². The Balaban J connectivity index is 3.03. The molecule has 1 aromatic rings. The van der Waals surface area contributed by atoms with Crippen LogP contribution >= 0.6 is 27.5 Å². The minimum atomic E-state index is -4.21. The molecule has 1 aromatic carbocycles. The Morgan fingerprint density at radius 2 is 2.00 bits per heavy atom. The van der Waals surface area contributed by atoms with E-state index < -0.39 is 12.7 Å². The van der Waals surface area contributed by atoms with E-state index in [2.05, 4.69) is 15.9 Å². The molecular weight excluding hydrogens is 318 g/mol. The van der Waals surface area contributed by atoms with Gasteiger partial charge in [0.05, 0.1) is 0 Å². The van der Waals surface area contributed by atoms with E-state index in [1.54, 1.807) is 25.1 Å². The van der Waals surface area contributed by atoms with Crippen molar-refractivity contribution in [1.29, 1.82) is 0 Å². The van der Waals surface area contributed by atoms with Crippen LogP contribution in [0.15, 0.2) is 18.2 Å². The van der Waals surface area contributed by atoms with Gasteiger partial charge < -0.3 is 4.90 Å². The zero-order chi connectivity index (χ0) is 13.1. The monoisotopic (exact) mass is 329 g/mol. The normalized spacial score (nSPS) is 11.6. The maximum atomic E-state index is 12.4. The van der Waals surface area contributed by atoms with Gasteiger partial charge in [0.1, 0.15) is 6.54 Å². The summed E-state index contributed by atoms with van der Waals surface area (Å²) in [7, 11) is 0. The lowest BCUT2D eigenvalue weighted by Gasteiger charge is -2.26. The minimum Gasteiger partial charge on any atom is -0.363 e. The van der Waals surface area contributed by atoms with Gasteiger partial charge in [0, 0.05) is 22.6 Å². The molecule has 0 aliphatic rings. The van der Waals surface area contributed by atoms with Crippen molar-refractivity contribution in [1.82, 2.24) is 0 Å². The second kappa shape index (κ2) is 5.96. The number of hydrogen-bond donors (Lipinski definition) is 0. The second-order valence-corrected chi connectivity index (χ2v) is 4.53. The van der Waals surface area contributed by atoms with Crippen LogP contribution in [-0.4, -0.2) is 19.3 Å². The van der Waals surface area contributed by atoms with Crippen molar-refractivity contribution in [2.75, 3.05) is 18.0 Å². The van der Waals surface area contributed by atoms with Gasteiger partial charge in [-0.3, -0.25) is 0 Å². The molecule has 1 rings (SSSR count). The summed E-state index contributed by atoms with van der Waals surface area (Å²) in [6, 6.07) is 4.89. The third-order valence-electron chi connectivity index (χ3n) is 2.28. The zero-order valence-corrected chi connectivity index (χ0v) is 11.5. The Kier molecular flexibility index (Phi) is 5.13. The topological polar surface area (TPSA) is 3.24 Å². The molecule has 0 aliphatic heterocycles. The predicted octanol–water partition coefficient (Wildman–Crippen LogP) is 4.62. The molecule has 0 heterocycles. The molecule has 0 atom stereocenters. The number of alkyl halides is 4. The molecule has 0 fully saturated rings. The molecule has 0 unspecified atom stereocenters. The van der Waals surface area contributed by atoms with Crippen molar-refractivity contribution in [2.45, 2.75) is 18.4 Å². The summed E-state index contributed by atoms with van der Waals surface area (Å²) >= 11 is 9.07. The largest absolute Gasteiger partial charge is 0.405 e. The van der Waals surface area contributed by atoms with E-state index in [1.165, 1.54) is 4.90 Å². The molecule has 0 saturated carbocycles. The SMILES string of the molecule is CCN(CC(F)(F)F)c1ccc(Cl)cc1CBr. The third kappa shape index (κ3) is 4.39. The number of rotatable bonds is 4. The summed E-state index contributed by atoms with van der Waals surface area (Å²) in [6.45, 7) is 1.03. The van der Waals surface area contributed by atoms with Crippen molar-refractivity contribution in [2.24, 2.45) is 0 Å². The Hall–Kier alpha value is -0.420. The first-order valence-electron chi connectivity index (χ1n) is 5.03. The van der Waals surface area contributed by atoms with Crippen LogP contribution in [0, 0.1) is 0 Å². The number of hydrogen-bond acceptors (Lipinski definition) is 1. The molecule has 0 spiro atoms. The highest BCUT2D eigenvalue weighted by Gasteiger charge is 2.30. The predicted molar refractivity (Wildman–Crippen MR) is 68.0 cm³/mol. The van der Waals surface area contributed by atoms with Crippen LogP contribution < -0.4 is 4.90 Å². The van der Waals surface area contributed by atoms with Crippen molar-refractivity contribution in [3.05, 3.63) is 28.8 Å². The Morgan fingerprint density at radius 3 is 2.47 bits per heavy atom. The Bertz CT molecular complexity index is 381. The van der Waals surface area contributed by atoms with E-state index in [1.807, 2.05) is 0 Å². The average Bonchev–Trinajstić information content (AvgIpc) is 2.24. The maximum absolute atomic E-state index is 12.4. The van der Waals surface area contributed by atoms with E-state index in [4.69, 9.17) is 11.6 Å². The first-order chi connectivity index (χ1) is 7.87. The number of benzene rings is 1. The minimum absolute atomic E-state index is 0.293. The van der Waals surface area contributed by atoms with Crippen LogP contribution in [0.5, 0.6) is 0 Å². The first kappa shape index (κ1) is 14.6. The lowest BCUT2D eigenvalue weighted by atomic mass is 10.2. The van der Waals surface area contributed by atoms with E-state index in [-0.39, 0.29) is 0 Å². The fraction of sp³-hybridized carbons (Fsp3) is 0.455. The lowest BCUT2D eigenvalue weighted by Crippen LogP contribution is -2.34. The average molecular weight is 331 g/mol.